The van der Waals surface area contributed by atoms with E-state index in [-0.39, 0.29) is 11.0 Å². The van der Waals surface area contributed by atoms with Gasteiger partial charge < -0.3 is 4.90 Å². The van der Waals surface area contributed by atoms with E-state index in [0.29, 0.717) is 0 Å². The van der Waals surface area contributed by atoms with Crippen molar-refractivity contribution in [3.8, 4) is 0 Å². The van der Waals surface area contributed by atoms with Crippen molar-refractivity contribution in [2.24, 2.45) is 10.5 Å². The van der Waals surface area contributed by atoms with Crippen LogP contribution in [0.2, 0.25) is 0 Å². The van der Waals surface area contributed by atoms with Gasteiger partial charge >= 0.3 is 0 Å². The van der Waals surface area contributed by atoms with E-state index in [2.05, 4.69) is 25.9 Å². The Morgan fingerprint density at radius 3 is 2.42 bits per heavy atom. The van der Waals surface area contributed by atoms with Gasteiger partial charge in [-0.05, 0) is 5.41 Å². The van der Waals surface area contributed by atoms with Gasteiger partial charge in [0.25, 0.3) is 0 Å². The molecule has 1 heterocycles. The van der Waals surface area contributed by atoms with Crippen LogP contribution in [-0.4, -0.2) is 35.5 Å². The summed E-state index contributed by atoms with van der Waals surface area (Å²) in [6.07, 6.45) is 1.79. The minimum Gasteiger partial charge on any atom is -0.326 e. The molecule has 1 aliphatic heterocycles. The maximum Gasteiger partial charge on any atom is 0.195 e. The topological polar surface area (TPSA) is 18.8 Å². The third-order valence-corrected chi connectivity index (χ3v) is 2.15. The molecule has 0 amide bonds. The van der Waals surface area contributed by atoms with E-state index < -0.39 is 0 Å². The predicted octanol–water partition coefficient (Wildman–Crippen LogP) is 1.75. The maximum absolute atomic E-state index is 6.06. The molecular weight excluding hydrogens is 174 g/mol. The van der Waals surface area contributed by atoms with Gasteiger partial charge in [-0.3, -0.25) is 5.01 Å². The second-order valence-corrected chi connectivity index (χ2v) is 4.74. The summed E-state index contributed by atoms with van der Waals surface area (Å²) in [4.78, 5) is 2.03. The molecule has 12 heavy (non-hydrogen) atoms. The largest absolute Gasteiger partial charge is 0.326 e. The summed E-state index contributed by atoms with van der Waals surface area (Å²) in [6, 6.07) is 0. The molecule has 1 aliphatic rings. The molecule has 0 aromatic carbocycles. The lowest BCUT2D eigenvalue weighted by atomic mass is 9.96. The molecular formula is C8H16ClN3. The van der Waals surface area contributed by atoms with Gasteiger partial charge in [0.15, 0.2) is 5.62 Å². The third kappa shape index (κ3) is 2.27. The molecule has 0 saturated carbocycles. The second-order valence-electron chi connectivity index (χ2n) is 4.35. The zero-order chi connectivity index (χ0) is 9.35. The van der Waals surface area contributed by atoms with Crippen LogP contribution in [0.5, 0.6) is 0 Å². The van der Waals surface area contributed by atoms with Crippen molar-refractivity contribution in [2.45, 2.75) is 26.4 Å². The number of hydrogen-bond acceptors (Lipinski definition) is 3. The first kappa shape index (κ1) is 9.65. The van der Waals surface area contributed by atoms with Gasteiger partial charge in [-0.25, -0.2) is 0 Å². The lowest BCUT2D eigenvalue weighted by molar-refractivity contribution is 0.192. The molecule has 1 unspecified atom stereocenters. The fourth-order valence-corrected chi connectivity index (χ4v) is 1.31. The van der Waals surface area contributed by atoms with Gasteiger partial charge in [0.1, 0.15) is 6.34 Å². The molecule has 0 saturated heterocycles. The molecule has 0 aliphatic carbocycles. The van der Waals surface area contributed by atoms with Crippen LogP contribution in [0.15, 0.2) is 5.10 Å². The van der Waals surface area contributed by atoms with Crippen molar-refractivity contribution < 1.29 is 0 Å². The monoisotopic (exact) mass is 189 g/mol. The average Bonchev–Trinajstić information content (AvgIpc) is 2.16. The summed E-state index contributed by atoms with van der Waals surface area (Å²) >= 11 is 6.06. The van der Waals surface area contributed by atoms with Crippen LogP contribution in [0.25, 0.3) is 0 Å². The highest BCUT2D eigenvalue weighted by atomic mass is 35.5. The summed E-state index contributed by atoms with van der Waals surface area (Å²) in [5.74, 6) is 0. The first-order chi connectivity index (χ1) is 5.40. The van der Waals surface area contributed by atoms with Crippen LogP contribution in [0.4, 0.5) is 0 Å². The fraction of sp³-hybridized carbons (Fsp3) is 0.875. The maximum atomic E-state index is 6.06. The van der Waals surface area contributed by atoms with Crippen LogP contribution in [0.3, 0.4) is 0 Å². The van der Waals surface area contributed by atoms with Crippen molar-refractivity contribution in [3.63, 3.8) is 0 Å². The molecule has 0 radical (unpaired) electrons. The molecule has 0 aromatic heterocycles. The van der Waals surface area contributed by atoms with E-state index in [1.54, 1.807) is 11.3 Å². The summed E-state index contributed by atoms with van der Waals surface area (Å²) in [6.45, 7) is 7.48. The first-order valence-corrected chi connectivity index (χ1v) is 4.50. The molecule has 0 N–H and O–H groups in total. The normalized spacial score (nSPS) is 23.9. The van der Waals surface area contributed by atoms with Crippen molar-refractivity contribution in [1.29, 1.82) is 0 Å². The average molecular weight is 190 g/mol. The molecule has 1 atom stereocenters. The number of hydrogen-bond donors (Lipinski definition) is 0. The third-order valence-electron chi connectivity index (χ3n) is 1.62. The Morgan fingerprint density at radius 1 is 1.50 bits per heavy atom. The number of hydrazone groups is 1. The Bertz CT molecular complexity index is 185. The van der Waals surface area contributed by atoms with Crippen LogP contribution >= 0.6 is 11.6 Å². The lowest BCUT2D eigenvalue weighted by Gasteiger charge is -2.29. The van der Waals surface area contributed by atoms with Crippen molar-refractivity contribution >= 4 is 17.9 Å². The minimum atomic E-state index is -0.121. The van der Waals surface area contributed by atoms with Gasteiger partial charge in [0.05, 0.1) is 0 Å². The zero-order valence-electron chi connectivity index (χ0n) is 8.08. The van der Waals surface area contributed by atoms with Gasteiger partial charge in [-0.2, -0.15) is 5.10 Å². The molecule has 3 nitrogen and oxygen atoms in total. The number of rotatable bonds is 1. The number of alkyl halides is 1. The number of nitrogens with zero attached hydrogens (tertiary/aromatic N) is 3. The quantitative estimate of drug-likeness (QED) is 0.462. The predicted molar refractivity (Wildman–Crippen MR) is 52.1 cm³/mol. The second kappa shape index (κ2) is 3.13. The van der Waals surface area contributed by atoms with E-state index in [1.165, 1.54) is 0 Å². The van der Waals surface area contributed by atoms with Crippen molar-refractivity contribution in [2.75, 3.05) is 13.6 Å². The van der Waals surface area contributed by atoms with Gasteiger partial charge in [0.2, 0.25) is 0 Å². The Morgan fingerprint density at radius 2 is 2.08 bits per heavy atom. The Kier molecular flexibility index (Phi) is 2.52. The zero-order valence-corrected chi connectivity index (χ0v) is 8.84. The fourth-order valence-electron chi connectivity index (χ4n) is 1.14. The summed E-state index contributed by atoms with van der Waals surface area (Å²) in [7, 11) is 1.87. The summed E-state index contributed by atoms with van der Waals surface area (Å²) in [5.41, 5.74) is 0.133. The molecule has 4 heteroatoms. The lowest BCUT2D eigenvalue weighted by Crippen LogP contribution is -2.38. The van der Waals surface area contributed by atoms with Crippen LogP contribution in [0.1, 0.15) is 20.8 Å². The number of halogens is 1. The molecule has 0 aromatic rings. The van der Waals surface area contributed by atoms with E-state index in [4.69, 9.17) is 11.6 Å². The van der Waals surface area contributed by atoms with Crippen LogP contribution < -0.4 is 0 Å². The minimum absolute atomic E-state index is 0.121. The SMILES string of the molecule is CN1N=CN(CC(C)(C)C)C1Cl. The Hall–Kier alpha value is -0.440. The highest BCUT2D eigenvalue weighted by Gasteiger charge is 2.26. The highest BCUT2D eigenvalue weighted by molar-refractivity contribution is 6.20. The van der Waals surface area contributed by atoms with Crippen molar-refractivity contribution in [1.82, 2.24) is 9.91 Å². The van der Waals surface area contributed by atoms with Gasteiger partial charge in [-0.1, -0.05) is 32.4 Å². The van der Waals surface area contributed by atoms with Gasteiger partial charge in [-0.15, -0.1) is 0 Å². The van der Waals surface area contributed by atoms with E-state index in [0.717, 1.165) is 6.54 Å². The Labute approximate surface area is 79.0 Å². The smallest absolute Gasteiger partial charge is 0.195 e. The van der Waals surface area contributed by atoms with Crippen LogP contribution in [-0.2, 0) is 0 Å². The first-order valence-electron chi connectivity index (χ1n) is 4.07. The molecule has 70 valence electrons. The standard InChI is InChI=1S/C8H16ClN3/c1-8(2,3)5-12-6-10-11(4)7(12)9/h6-7H,5H2,1-4H3. The summed E-state index contributed by atoms with van der Waals surface area (Å²) < 4.78 is 0. The highest BCUT2D eigenvalue weighted by Crippen LogP contribution is 2.21. The molecule has 0 bridgehead atoms. The van der Waals surface area contributed by atoms with Crippen LogP contribution in [0, 0.1) is 5.41 Å². The summed E-state index contributed by atoms with van der Waals surface area (Å²) in [5, 5.41) is 5.83. The molecule has 1 rings (SSSR count). The molecule has 0 fully saturated rings. The van der Waals surface area contributed by atoms with E-state index >= 15 is 0 Å². The van der Waals surface area contributed by atoms with E-state index in [9.17, 15) is 0 Å². The molecule has 0 spiro atoms. The van der Waals surface area contributed by atoms with Crippen molar-refractivity contribution in [3.05, 3.63) is 0 Å². The van der Waals surface area contributed by atoms with E-state index in [1.807, 2.05) is 11.9 Å². The Balaban J connectivity index is 2.51. The van der Waals surface area contributed by atoms with Gasteiger partial charge in [0, 0.05) is 13.6 Å².